The maximum absolute atomic E-state index is 13.5. The first kappa shape index (κ1) is 15.6. The van der Waals surface area contributed by atoms with E-state index in [9.17, 15) is 9.18 Å². The van der Waals surface area contributed by atoms with E-state index in [0.29, 0.717) is 23.2 Å². The van der Waals surface area contributed by atoms with E-state index < -0.39 is 0 Å². The lowest BCUT2D eigenvalue weighted by molar-refractivity contribution is 0.0816. The van der Waals surface area contributed by atoms with Gasteiger partial charge in [0, 0.05) is 24.7 Å². The van der Waals surface area contributed by atoms with Gasteiger partial charge < -0.3 is 4.90 Å². The minimum absolute atomic E-state index is 0.0890. The molecule has 3 heteroatoms. The van der Waals surface area contributed by atoms with E-state index >= 15 is 0 Å². The molecule has 0 saturated heterocycles. The molecule has 2 rings (SSSR count). The second kappa shape index (κ2) is 7.05. The summed E-state index contributed by atoms with van der Waals surface area (Å²) in [4.78, 5) is 12.9. The minimum Gasteiger partial charge on any atom is -0.337 e. The molecular weight excluding hydrogens is 217 g/mol. The molecule has 0 bridgehead atoms. The number of halogens is 1. The van der Waals surface area contributed by atoms with E-state index in [1.54, 1.807) is 26.1 Å². The van der Waals surface area contributed by atoms with Crippen LogP contribution in [0.3, 0.4) is 0 Å². The molecule has 0 atom stereocenters. The van der Waals surface area contributed by atoms with Crippen molar-refractivity contribution in [3.63, 3.8) is 0 Å². The van der Waals surface area contributed by atoms with Crippen LogP contribution in [0.25, 0.3) is 0 Å². The summed E-state index contributed by atoms with van der Waals surface area (Å²) in [5, 5.41) is 0. The van der Waals surface area contributed by atoms with Crippen LogP contribution in [0.1, 0.15) is 49.2 Å². The van der Waals surface area contributed by atoms with Gasteiger partial charge in [0.2, 0.25) is 0 Å². The molecule has 1 aliphatic heterocycles. The zero-order valence-electron chi connectivity index (χ0n) is 11.6. The topological polar surface area (TPSA) is 20.3 Å². The van der Waals surface area contributed by atoms with Gasteiger partial charge in [0.05, 0.1) is 0 Å². The normalized spacial score (nSPS) is 12.2. The summed E-state index contributed by atoms with van der Waals surface area (Å²) in [6, 6.07) is 3.34. The molecule has 96 valence electrons. The van der Waals surface area contributed by atoms with Crippen molar-refractivity contribution < 1.29 is 9.18 Å². The van der Waals surface area contributed by atoms with Crippen molar-refractivity contribution in [2.75, 3.05) is 7.05 Å². The first-order valence-corrected chi connectivity index (χ1v) is 6.14. The molecule has 0 fully saturated rings. The Morgan fingerprint density at radius 2 is 1.71 bits per heavy atom. The lowest BCUT2D eigenvalue weighted by atomic mass is 10.1. The Bertz CT molecular complexity index is 388. The van der Waals surface area contributed by atoms with E-state index in [-0.39, 0.29) is 11.7 Å². The summed E-state index contributed by atoms with van der Waals surface area (Å²) in [7, 11) is 1.68. The van der Waals surface area contributed by atoms with Crippen molar-refractivity contribution in [1.29, 1.82) is 0 Å². The predicted octanol–water partition coefficient (Wildman–Crippen LogP) is 3.77. The maximum Gasteiger partial charge on any atom is 0.254 e. The molecule has 1 aliphatic rings. The molecule has 0 unspecified atom stereocenters. The molecule has 1 aromatic rings. The smallest absolute Gasteiger partial charge is 0.254 e. The van der Waals surface area contributed by atoms with E-state index in [4.69, 9.17) is 0 Å². The minimum atomic E-state index is -0.241. The molecule has 1 amide bonds. The number of hydrogen-bond acceptors (Lipinski definition) is 1. The van der Waals surface area contributed by atoms with Crippen LogP contribution in [-0.2, 0) is 6.54 Å². The summed E-state index contributed by atoms with van der Waals surface area (Å²) in [6.45, 7) is 10.1. The summed E-state index contributed by atoms with van der Waals surface area (Å²) in [5.74, 6) is -0.330. The average molecular weight is 239 g/mol. The fourth-order valence-electron chi connectivity index (χ4n) is 1.61. The van der Waals surface area contributed by atoms with Crippen molar-refractivity contribution in [3.05, 3.63) is 34.6 Å². The number of hydrogen-bond donors (Lipinski definition) is 0. The highest BCUT2D eigenvalue weighted by atomic mass is 19.1. The standard InChI is InChI=1S/C10H10FNO.2C2H6/c1-6-3-4-7-8(9(6)11)5-12(2)10(7)13;2*1-2/h3-4H,5H2,1-2H3;2*1-2H3. The zero-order chi connectivity index (χ0) is 13.6. The van der Waals surface area contributed by atoms with Gasteiger partial charge in [-0.3, -0.25) is 4.79 Å². The largest absolute Gasteiger partial charge is 0.337 e. The van der Waals surface area contributed by atoms with Gasteiger partial charge in [-0.1, -0.05) is 33.8 Å². The van der Waals surface area contributed by atoms with E-state index in [1.807, 2.05) is 27.7 Å². The van der Waals surface area contributed by atoms with Crippen LogP contribution in [0.2, 0.25) is 0 Å². The van der Waals surface area contributed by atoms with Crippen LogP contribution < -0.4 is 0 Å². The molecule has 0 N–H and O–H groups in total. The number of carbonyl (C=O) groups is 1. The molecule has 1 heterocycles. The van der Waals surface area contributed by atoms with Gasteiger partial charge in [0.1, 0.15) is 5.82 Å². The summed E-state index contributed by atoms with van der Waals surface area (Å²) < 4.78 is 13.5. The molecule has 0 spiro atoms. The third-order valence-electron chi connectivity index (χ3n) is 2.41. The molecule has 17 heavy (non-hydrogen) atoms. The van der Waals surface area contributed by atoms with Gasteiger partial charge in [0.15, 0.2) is 0 Å². The van der Waals surface area contributed by atoms with Gasteiger partial charge >= 0.3 is 0 Å². The Kier molecular flexibility index (Phi) is 6.47. The van der Waals surface area contributed by atoms with Crippen molar-refractivity contribution >= 4 is 5.91 Å². The average Bonchev–Trinajstić information content (AvgIpc) is 2.67. The Hall–Kier alpha value is -1.38. The van der Waals surface area contributed by atoms with Crippen LogP contribution in [0.15, 0.2) is 12.1 Å². The van der Waals surface area contributed by atoms with Gasteiger partial charge in [-0.15, -0.1) is 0 Å². The number of rotatable bonds is 0. The number of amides is 1. The Morgan fingerprint density at radius 3 is 2.24 bits per heavy atom. The fraction of sp³-hybridized carbons (Fsp3) is 0.500. The van der Waals surface area contributed by atoms with Crippen LogP contribution in [-0.4, -0.2) is 17.9 Å². The van der Waals surface area contributed by atoms with Crippen LogP contribution in [0.4, 0.5) is 4.39 Å². The molecule has 0 aromatic heterocycles. The highest BCUT2D eigenvalue weighted by molar-refractivity contribution is 5.98. The number of benzene rings is 1. The third kappa shape index (κ3) is 3.05. The molecule has 2 nitrogen and oxygen atoms in total. The van der Waals surface area contributed by atoms with Crippen molar-refractivity contribution in [3.8, 4) is 0 Å². The van der Waals surface area contributed by atoms with Crippen molar-refractivity contribution in [1.82, 2.24) is 4.90 Å². The van der Waals surface area contributed by atoms with Gasteiger partial charge in [-0.05, 0) is 18.6 Å². The second-order valence-electron chi connectivity index (χ2n) is 3.38. The van der Waals surface area contributed by atoms with E-state index in [0.717, 1.165) is 0 Å². The monoisotopic (exact) mass is 239 g/mol. The molecule has 0 radical (unpaired) electrons. The van der Waals surface area contributed by atoms with Crippen LogP contribution in [0.5, 0.6) is 0 Å². The number of fused-ring (bicyclic) bond motifs is 1. The third-order valence-corrected chi connectivity index (χ3v) is 2.41. The highest BCUT2D eigenvalue weighted by Gasteiger charge is 2.27. The first-order chi connectivity index (χ1) is 8.11. The van der Waals surface area contributed by atoms with Gasteiger partial charge in [-0.25, -0.2) is 4.39 Å². The molecular formula is C14H22FNO. The highest BCUT2D eigenvalue weighted by Crippen LogP contribution is 2.25. The van der Waals surface area contributed by atoms with Crippen LogP contribution in [0, 0.1) is 12.7 Å². The zero-order valence-corrected chi connectivity index (χ0v) is 11.6. The Morgan fingerprint density at radius 1 is 1.18 bits per heavy atom. The summed E-state index contributed by atoms with van der Waals surface area (Å²) in [6.07, 6.45) is 0. The fourth-order valence-corrected chi connectivity index (χ4v) is 1.61. The number of nitrogens with zero attached hydrogens (tertiary/aromatic N) is 1. The number of carbonyl (C=O) groups excluding carboxylic acids is 1. The lowest BCUT2D eigenvalue weighted by Crippen LogP contribution is -2.17. The van der Waals surface area contributed by atoms with E-state index in [2.05, 4.69) is 0 Å². The van der Waals surface area contributed by atoms with Gasteiger partial charge in [0.25, 0.3) is 5.91 Å². The van der Waals surface area contributed by atoms with Crippen molar-refractivity contribution in [2.45, 2.75) is 41.2 Å². The second-order valence-corrected chi connectivity index (χ2v) is 3.38. The molecule has 1 aromatic carbocycles. The van der Waals surface area contributed by atoms with Crippen molar-refractivity contribution in [2.24, 2.45) is 0 Å². The summed E-state index contributed by atoms with van der Waals surface area (Å²) in [5.41, 5.74) is 1.64. The maximum atomic E-state index is 13.5. The lowest BCUT2D eigenvalue weighted by Gasteiger charge is -2.04. The predicted molar refractivity (Wildman–Crippen MR) is 69.6 cm³/mol. The van der Waals surface area contributed by atoms with E-state index in [1.165, 1.54) is 4.90 Å². The van der Waals surface area contributed by atoms with Crippen LogP contribution >= 0.6 is 0 Å². The SMILES string of the molecule is CC.CC.Cc1ccc2c(c1F)CN(C)C2=O. The summed E-state index contributed by atoms with van der Waals surface area (Å²) >= 11 is 0. The Labute approximate surface area is 103 Å². The molecule has 0 aliphatic carbocycles. The number of aryl methyl sites for hydroxylation is 1. The van der Waals surface area contributed by atoms with Gasteiger partial charge in [-0.2, -0.15) is 0 Å². The first-order valence-electron chi connectivity index (χ1n) is 6.14. The Balaban J connectivity index is 0.000000581. The quantitative estimate of drug-likeness (QED) is 0.675. The molecule has 0 saturated carbocycles.